The van der Waals surface area contributed by atoms with Gasteiger partial charge in [0.1, 0.15) is 24.4 Å². The Labute approximate surface area is 107 Å². The predicted molar refractivity (Wildman–Crippen MR) is 56.9 cm³/mol. The highest BCUT2D eigenvalue weighted by Crippen LogP contribution is 2.37. The van der Waals surface area contributed by atoms with Gasteiger partial charge in [-0.1, -0.05) is 0 Å². The third-order valence-corrected chi connectivity index (χ3v) is 3.08. The number of carboxylic acid groups (broad SMARTS) is 1. The molecular weight excluding hydrogens is 287 g/mol. The molecule has 1 fully saturated rings. The minimum atomic E-state index is -4.79. The van der Waals surface area contributed by atoms with Gasteiger partial charge in [-0.05, 0) is 0 Å². The van der Waals surface area contributed by atoms with E-state index in [1.807, 2.05) is 0 Å². The molecule has 19 heavy (non-hydrogen) atoms. The molecule has 1 saturated heterocycles. The van der Waals surface area contributed by atoms with Crippen LogP contribution in [-0.4, -0.2) is 73.3 Å². The molecule has 0 saturated carbocycles. The second kappa shape index (κ2) is 6.25. The lowest BCUT2D eigenvalue weighted by atomic mass is 9.94. The summed E-state index contributed by atoms with van der Waals surface area (Å²) in [6.45, 7) is -0.759. The fourth-order valence-electron chi connectivity index (χ4n) is 1.68. The molecule has 0 aromatic carbocycles. The van der Waals surface area contributed by atoms with Crippen LogP contribution in [0.2, 0.25) is 0 Å². The highest BCUT2D eigenvalue weighted by molar-refractivity contribution is 7.46. The Morgan fingerprint density at radius 2 is 1.63 bits per heavy atom. The Morgan fingerprint density at radius 3 is 2.11 bits per heavy atom. The number of phosphoric ester groups is 1. The first kappa shape index (κ1) is 16.5. The Balaban J connectivity index is 2.70. The number of aliphatic hydroxyl groups excluding tert-OH is 3. The van der Waals surface area contributed by atoms with Crippen LogP contribution in [0.3, 0.4) is 0 Å². The summed E-state index contributed by atoms with van der Waals surface area (Å²) in [7, 11) is -4.79. The molecule has 1 aliphatic heterocycles. The fraction of sp³-hybridized carbons (Fsp3) is 0.875. The zero-order valence-corrected chi connectivity index (χ0v) is 10.5. The van der Waals surface area contributed by atoms with E-state index in [1.54, 1.807) is 0 Å². The van der Waals surface area contributed by atoms with Gasteiger partial charge in [-0.15, -0.1) is 0 Å². The monoisotopic (exact) mass is 302 g/mol. The Hall–Kier alpha value is -0.580. The molecule has 10 nitrogen and oxygen atoms in total. The fourth-order valence-corrected chi connectivity index (χ4v) is 2.02. The molecule has 1 aliphatic rings. The van der Waals surface area contributed by atoms with E-state index in [9.17, 15) is 24.7 Å². The van der Waals surface area contributed by atoms with Gasteiger partial charge < -0.3 is 34.9 Å². The maximum atomic E-state index is 10.5. The van der Waals surface area contributed by atoms with Crippen molar-refractivity contribution in [3.8, 4) is 0 Å². The molecule has 0 aromatic heterocycles. The van der Waals surface area contributed by atoms with Crippen LogP contribution in [0.4, 0.5) is 0 Å². The molecule has 5 atom stereocenters. The number of ether oxygens (including phenoxy) is 1. The van der Waals surface area contributed by atoms with Gasteiger partial charge in [0.15, 0.2) is 0 Å². The van der Waals surface area contributed by atoms with E-state index in [1.165, 1.54) is 0 Å². The van der Waals surface area contributed by atoms with Gasteiger partial charge in [0, 0.05) is 0 Å². The van der Waals surface area contributed by atoms with Gasteiger partial charge in [0.25, 0.3) is 0 Å². The molecule has 112 valence electrons. The first-order valence-electron chi connectivity index (χ1n) is 5.23. The van der Waals surface area contributed by atoms with E-state index in [0.29, 0.717) is 0 Å². The summed E-state index contributed by atoms with van der Waals surface area (Å²) in [5.74, 6) is -1.30. The molecule has 1 heterocycles. The van der Waals surface area contributed by atoms with Gasteiger partial charge in [0.05, 0.1) is 19.1 Å². The number of carboxylic acids is 1. The standard InChI is InChI=1S/C8H15O10P/c9-5(10)1-3-6(11)8(13)7(12)4(18-3)2-17-19(14,15)16/h3-4,6-8,11-13H,1-2H2,(H,9,10)(H2,14,15,16). The molecular formula is C8H15O10P. The summed E-state index contributed by atoms with van der Waals surface area (Å²) in [4.78, 5) is 27.6. The van der Waals surface area contributed by atoms with E-state index >= 15 is 0 Å². The van der Waals surface area contributed by atoms with Crippen LogP contribution in [0, 0.1) is 0 Å². The summed E-state index contributed by atoms with van der Waals surface area (Å²) < 4.78 is 19.6. The lowest BCUT2D eigenvalue weighted by molar-refractivity contribution is -0.230. The van der Waals surface area contributed by atoms with Crippen molar-refractivity contribution in [1.82, 2.24) is 0 Å². The lowest BCUT2D eigenvalue weighted by Gasteiger charge is -2.40. The smallest absolute Gasteiger partial charge is 0.469 e. The number of rotatable bonds is 5. The third kappa shape index (κ3) is 4.79. The highest BCUT2D eigenvalue weighted by Gasteiger charge is 2.44. The summed E-state index contributed by atoms with van der Waals surface area (Å²) in [6.07, 6.45) is -8.32. The van der Waals surface area contributed by atoms with Crippen molar-refractivity contribution < 1.29 is 48.8 Å². The van der Waals surface area contributed by atoms with Crippen molar-refractivity contribution in [2.45, 2.75) is 36.9 Å². The first-order valence-corrected chi connectivity index (χ1v) is 6.76. The Kier molecular flexibility index (Phi) is 5.42. The van der Waals surface area contributed by atoms with Gasteiger partial charge in [0.2, 0.25) is 0 Å². The molecule has 0 bridgehead atoms. The van der Waals surface area contributed by atoms with E-state index in [4.69, 9.17) is 19.6 Å². The van der Waals surface area contributed by atoms with Crippen molar-refractivity contribution in [3.05, 3.63) is 0 Å². The van der Waals surface area contributed by atoms with Crippen LogP contribution in [0.5, 0.6) is 0 Å². The number of hydrogen-bond donors (Lipinski definition) is 6. The summed E-state index contributed by atoms with van der Waals surface area (Å²) >= 11 is 0. The zero-order chi connectivity index (χ0) is 14.8. The number of aliphatic hydroxyl groups is 3. The minimum absolute atomic E-state index is 0.642. The van der Waals surface area contributed by atoms with Gasteiger partial charge in [-0.3, -0.25) is 9.32 Å². The van der Waals surface area contributed by atoms with Crippen LogP contribution in [0.15, 0.2) is 0 Å². The average Bonchev–Trinajstić information content (AvgIpc) is 2.26. The van der Waals surface area contributed by atoms with Gasteiger partial charge in [-0.2, -0.15) is 0 Å². The zero-order valence-electron chi connectivity index (χ0n) is 9.56. The molecule has 0 radical (unpaired) electrons. The molecule has 0 aromatic rings. The molecule has 0 amide bonds. The molecule has 0 aliphatic carbocycles. The largest absolute Gasteiger partial charge is 0.481 e. The van der Waals surface area contributed by atoms with E-state index in [-0.39, 0.29) is 0 Å². The minimum Gasteiger partial charge on any atom is -0.481 e. The highest BCUT2D eigenvalue weighted by atomic mass is 31.2. The van der Waals surface area contributed by atoms with Crippen LogP contribution >= 0.6 is 7.82 Å². The summed E-state index contributed by atoms with van der Waals surface area (Å²) in [5, 5.41) is 37.1. The molecule has 1 rings (SSSR count). The first-order chi connectivity index (χ1) is 8.61. The van der Waals surface area contributed by atoms with Crippen LogP contribution in [0.1, 0.15) is 6.42 Å². The predicted octanol–water partition coefficient (Wildman–Crippen LogP) is -2.58. The topological polar surface area (TPSA) is 174 Å². The Morgan fingerprint density at radius 1 is 1.11 bits per heavy atom. The van der Waals surface area contributed by atoms with Gasteiger partial charge in [-0.25, -0.2) is 4.57 Å². The molecule has 5 unspecified atom stereocenters. The molecule has 0 spiro atoms. The van der Waals surface area contributed by atoms with Crippen molar-refractivity contribution in [3.63, 3.8) is 0 Å². The maximum absolute atomic E-state index is 10.5. The van der Waals surface area contributed by atoms with Crippen LogP contribution < -0.4 is 0 Å². The van der Waals surface area contributed by atoms with Crippen molar-refractivity contribution in [1.29, 1.82) is 0 Å². The van der Waals surface area contributed by atoms with Gasteiger partial charge >= 0.3 is 13.8 Å². The van der Waals surface area contributed by atoms with E-state index < -0.39 is 57.3 Å². The number of phosphoric acid groups is 1. The second-order valence-corrected chi connectivity index (χ2v) is 5.31. The number of aliphatic carboxylic acids is 1. The maximum Gasteiger partial charge on any atom is 0.469 e. The summed E-state index contributed by atoms with van der Waals surface area (Å²) in [5.41, 5.74) is 0. The summed E-state index contributed by atoms with van der Waals surface area (Å²) in [6, 6.07) is 0. The number of hydrogen-bond acceptors (Lipinski definition) is 7. The van der Waals surface area contributed by atoms with Crippen molar-refractivity contribution >= 4 is 13.8 Å². The van der Waals surface area contributed by atoms with Crippen molar-refractivity contribution in [2.24, 2.45) is 0 Å². The van der Waals surface area contributed by atoms with Crippen LogP contribution in [-0.2, 0) is 18.6 Å². The normalized spacial score (nSPS) is 36.2. The average molecular weight is 302 g/mol. The third-order valence-electron chi connectivity index (χ3n) is 2.59. The van der Waals surface area contributed by atoms with Crippen LogP contribution in [0.25, 0.3) is 0 Å². The molecule has 6 N–H and O–H groups in total. The quantitative estimate of drug-likeness (QED) is 0.296. The Bertz CT molecular complexity index is 367. The number of carbonyl (C=O) groups is 1. The van der Waals surface area contributed by atoms with E-state index in [0.717, 1.165) is 0 Å². The van der Waals surface area contributed by atoms with Crippen molar-refractivity contribution in [2.75, 3.05) is 6.61 Å². The lowest BCUT2D eigenvalue weighted by Crippen LogP contribution is -2.58. The SMILES string of the molecule is O=C(O)CC1OC(COP(=O)(O)O)C(O)C(O)C1O. The second-order valence-electron chi connectivity index (χ2n) is 4.07. The van der Waals surface area contributed by atoms with E-state index in [2.05, 4.69) is 4.52 Å². The molecule has 11 heteroatoms.